The van der Waals surface area contributed by atoms with Crippen molar-refractivity contribution < 1.29 is 17.7 Å². The van der Waals surface area contributed by atoms with Crippen LogP contribution in [0.1, 0.15) is 43.0 Å². The first-order chi connectivity index (χ1) is 17.9. The first-order valence-electron chi connectivity index (χ1n) is 12.6. The molecule has 2 aliphatic heterocycles. The molecule has 5 heterocycles. The van der Waals surface area contributed by atoms with E-state index >= 15 is 0 Å². The van der Waals surface area contributed by atoms with Gasteiger partial charge in [0.1, 0.15) is 23.9 Å². The summed E-state index contributed by atoms with van der Waals surface area (Å²) in [4.78, 5) is 12.0. The van der Waals surface area contributed by atoms with E-state index in [1.807, 2.05) is 44.2 Å². The number of aryl methyl sites for hydroxylation is 2. The van der Waals surface area contributed by atoms with Gasteiger partial charge in [0.25, 0.3) is 0 Å². The van der Waals surface area contributed by atoms with Crippen LogP contribution in [0.5, 0.6) is 5.75 Å². The zero-order valence-corrected chi connectivity index (χ0v) is 22.0. The van der Waals surface area contributed by atoms with Crippen LogP contribution in [0.2, 0.25) is 0 Å². The smallest absolute Gasteiger partial charge is 0.211 e. The molecule has 6 rings (SSSR count). The molecule has 1 aromatic carbocycles. The lowest BCUT2D eigenvalue weighted by molar-refractivity contribution is 0.257. The van der Waals surface area contributed by atoms with Gasteiger partial charge < -0.3 is 14.2 Å². The summed E-state index contributed by atoms with van der Waals surface area (Å²) in [5, 5.41) is 4.15. The van der Waals surface area contributed by atoms with Gasteiger partial charge in [-0.3, -0.25) is 9.55 Å². The molecule has 0 amide bonds. The van der Waals surface area contributed by atoms with E-state index in [0.29, 0.717) is 32.5 Å². The largest absolute Gasteiger partial charge is 0.488 e. The van der Waals surface area contributed by atoms with Gasteiger partial charge in [-0.2, -0.15) is 0 Å². The standard InChI is InChI=1S/C26H30N6O4S/c1-4-37(33,34)30-18-10-13-31(14-11-18)26-28-21-9-8-19(23-16(2)29-36-17(23)3)25-24(21)32(26)22(15-35-25)20-7-5-6-12-27-20/h5-9,12,18,22,30H,4,10-11,13-15H2,1-3H3/t22-/m1/s1. The Hall–Kier alpha value is -3.44. The fraction of sp³-hybridized carbons (Fsp3) is 0.423. The van der Waals surface area contributed by atoms with Gasteiger partial charge in [0.05, 0.1) is 28.2 Å². The van der Waals surface area contributed by atoms with E-state index in [-0.39, 0.29) is 17.8 Å². The van der Waals surface area contributed by atoms with Crippen molar-refractivity contribution in [2.24, 2.45) is 0 Å². The highest BCUT2D eigenvalue weighted by molar-refractivity contribution is 7.89. The number of imidazole rings is 1. The highest BCUT2D eigenvalue weighted by Crippen LogP contribution is 2.46. The molecule has 0 spiro atoms. The summed E-state index contributed by atoms with van der Waals surface area (Å²) in [6.07, 6.45) is 3.22. The molecule has 1 saturated heterocycles. The first kappa shape index (κ1) is 23.9. The molecule has 0 saturated carbocycles. The van der Waals surface area contributed by atoms with Crippen molar-refractivity contribution in [2.45, 2.75) is 45.7 Å². The summed E-state index contributed by atoms with van der Waals surface area (Å²) in [5.41, 5.74) is 5.35. The topological polar surface area (TPSA) is 115 Å². The zero-order valence-electron chi connectivity index (χ0n) is 21.1. The van der Waals surface area contributed by atoms with Crippen molar-refractivity contribution in [1.82, 2.24) is 24.4 Å². The van der Waals surface area contributed by atoms with Gasteiger partial charge in [0.15, 0.2) is 5.75 Å². The number of pyridine rings is 1. The molecule has 10 nitrogen and oxygen atoms in total. The molecule has 4 aromatic rings. The third-order valence-electron chi connectivity index (χ3n) is 7.32. The molecule has 0 aliphatic carbocycles. The maximum Gasteiger partial charge on any atom is 0.211 e. The quantitative estimate of drug-likeness (QED) is 0.409. The number of anilines is 1. The van der Waals surface area contributed by atoms with Crippen LogP contribution in [0.25, 0.3) is 22.2 Å². The lowest BCUT2D eigenvalue weighted by atomic mass is 10.0. The molecule has 1 atom stereocenters. The number of rotatable bonds is 6. The predicted molar refractivity (Wildman–Crippen MR) is 140 cm³/mol. The summed E-state index contributed by atoms with van der Waals surface area (Å²) < 4.78 is 41.2. The monoisotopic (exact) mass is 522 g/mol. The van der Waals surface area contributed by atoms with Gasteiger partial charge in [0, 0.05) is 30.9 Å². The van der Waals surface area contributed by atoms with E-state index < -0.39 is 10.0 Å². The Morgan fingerprint density at radius 2 is 1.95 bits per heavy atom. The number of hydrogen-bond donors (Lipinski definition) is 1. The predicted octanol–water partition coefficient (Wildman–Crippen LogP) is 3.59. The van der Waals surface area contributed by atoms with Gasteiger partial charge >= 0.3 is 0 Å². The van der Waals surface area contributed by atoms with Crippen LogP contribution in [0.3, 0.4) is 0 Å². The van der Waals surface area contributed by atoms with E-state index in [4.69, 9.17) is 14.2 Å². The van der Waals surface area contributed by atoms with E-state index in [2.05, 4.69) is 24.3 Å². The van der Waals surface area contributed by atoms with E-state index in [1.165, 1.54) is 0 Å². The second-order valence-corrected chi connectivity index (χ2v) is 11.7. The molecular weight excluding hydrogens is 492 g/mol. The average Bonchev–Trinajstić information content (AvgIpc) is 3.46. The Labute approximate surface area is 215 Å². The number of nitrogens with zero attached hydrogens (tertiary/aromatic N) is 5. The van der Waals surface area contributed by atoms with Crippen LogP contribution in [0, 0.1) is 13.8 Å². The number of nitrogens with one attached hydrogen (secondary N) is 1. The minimum Gasteiger partial charge on any atom is -0.488 e. The third-order valence-corrected chi connectivity index (χ3v) is 8.77. The van der Waals surface area contributed by atoms with Gasteiger partial charge in [0.2, 0.25) is 16.0 Å². The van der Waals surface area contributed by atoms with Gasteiger partial charge in [-0.15, -0.1) is 0 Å². The molecule has 194 valence electrons. The van der Waals surface area contributed by atoms with Crippen molar-refractivity contribution in [2.75, 3.05) is 30.3 Å². The molecule has 1 fully saturated rings. The average molecular weight is 523 g/mol. The fourth-order valence-corrected chi connectivity index (χ4v) is 6.35. The summed E-state index contributed by atoms with van der Waals surface area (Å²) >= 11 is 0. The SMILES string of the molecule is CCS(=O)(=O)NC1CCN(c2nc3ccc(-c4c(C)noc4C)c4c3n2[C@@H](c2ccccn2)CO4)CC1. The van der Waals surface area contributed by atoms with Crippen molar-refractivity contribution >= 4 is 27.0 Å². The molecule has 1 N–H and O–H groups in total. The summed E-state index contributed by atoms with van der Waals surface area (Å²) in [5.74, 6) is 2.45. The van der Waals surface area contributed by atoms with Crippen LogP contribution in [0.4, 0.5) is 5.95 Å². The van der Waals surface area contributed by atoms with Crippen LogP contribution in [-0.2, 0) is 10.0 Å². The summed E-state index contributed by atoms with van der Waals surface area (Å²) in [7, 11) is -3.24. The Bertz CT molecular complexity index is 1540. The van der Waals surface area contributed by atoms with Crippen LogP contribution in [0.15, 0.2) is 41.1 Å². The Balaban J connectivity index is 1.45. The lowest BCUT2D eigenvalue weighted by Crippen LogP contribution is -2.46. The molecule has 11 heteroatoms. The lowest BCUT2D eigenvalue weighted by Gasteiger charge is -2.35. The van der Waals surface area contributed by atoms with Crippen molar-refractivity contribution in [3.05, 3.63) is 53.7 Å². The highest BCUT2D eigenvalue weighted by Gasteiger charge is 2.34. The zero-order chi connectivity index (χ0) is 25.7. The Morgan fingerprint density at radius 3 is 2.62 bits per heavy atom. The fourth-order valence-electron chi connectivity index (χ4n) is 5.44. The number of ether oxygens (including phenoxy) is 1. The Morgan fingerprint density at radius 1 is 1.14 bits per heavy atom. The van der Waals surface area contributed by atoms with Crippen molar-refractivity contribution in [1.29, 1.82) is 0 Å². The first-order valence-corrected chi connectivity index (χ1v) is 14.3. The van der Waals surface area contributed by atoms with E-state index in [9.17, 15) is 8.42 Å². The van der Waals surface area contributed by atoms with Crippen LogP contribution in [-0.4, -0.2) is 59.6 Å². The number of piperidine rings is 1. The number of benzene rings is 1. The number of hydrogen-bond acceptors (Lipinski definition) is 8. The molecule has 37 heavy (non-hydrogen) atoms. The van der Waals surface area contributed by atoms with Crippen molar-refractivity contribution in [3.8, 4) is 16.9 Å². The second kappa shape index (κ2) is 9.14. The van der Waals surface area contributed by atoms with Gasteiger partial charge in [-0.05, 0) is 57.9 Å². The maximum atomic E-state index is 12.1. The van der Waals surface area contributed by atoms with Crippen LogP contribution >= 0.6 is 0 Å². The normalized spacial score (nSPS) is 18.4. The van der Waals surface area contributed by atoms with Crippen molar-refractivity contribution in [3.63, 3.8) is 0 Å². The molecular formula is C26H30N6O4S. The molecule has 2 aliphatic rings. The minimum absolute atomic E-state index is 0.0661. The van der Waals surface area contributed by atoms with Crippen LogP contribution < -0.4 is 14.4 Å². The molecule has 3 aromatic heterocycles. The highest BCUT2D eigenvalue weighted by atomic mass is 32.2. The third kappa shape index (κ3) is 4.15. The number of sulfonamides is 1. The molecule has 0 radical (unpaired) electrons. The molecule has 0 unspecified atom stereocenters. The van der Waals surface area contributed by atoms with E-state index in [0.717, 1.165) is 51.0 Å². The molecule has 0 bridgehead atoms. The van der Waals surface area contributed by atoms with E-state index in [1.54, 1.807) is 13.1 Å². The second-order valence-electron chi connectivity index (χ2n) is 9.65. The summed E-state index contributed by atoms with van der Waals surface area (Å²) in [6.45, 7) is 7.31. The summed E-state index contributed by atoms with van der Waals surface area (Å²) in [6, 6.07) is 9.73. The minimum atomic E-state index is -3.24. The number of aromatic nitrogens is 4. The van der Waals surface area contributed by atoms with Gasteiger partial charge in [-0.1, -0.05) is 11.2 Å². The Kier molecular flexibility index (Phi) is 5.91. The maximum absolute atomic E-state index is 12.1. The van der Waals surface area contributed by atoms with Gasteiger partial charge in [-0.25, -0.2) is 18.1 Å².